The summed E-state index contributed by atoms with van der Waals surface area (Å²) in [6.07, 6.45) is 3.38. The molecule has 3 nitrogen and oxygen atoms in total. The van der Waals surface area contributed by atoms with Gasteiger partial charge in [0.15, 0.2) is 0 Å². The van der Waals surface area contributed by atoms with Crippen molar-refractivity contribution in [1.82, 2.24) is 0 Å². The zero-order valence-electron chi connectivity index (χ0n) is 7.49. The lowest BCUT2D eigenvalue weighted by molar-refractivity contribution is 1.22. The molecule has 0 saturated heterocycles. The fraction of sp³-hybridized carbons (Fsp3) is 0.111. The Bertz CT molecular complexity index is 436. The number of hydrogen-bond acceptors (Lipinski definition) is 1. The largest absolute Gasteiger partial charge is 0.0899 e. The van der Waals surface area contributed by atoms with Gasteiger partial charge < -0.3 is 0 Å². The van der Waals surface area contributed by atoms with Crippen molar-refractivity contribution in [3.05, 3.63) is 49.3 Å². The minimum absolute atomic E-state index is 0.261. The van der Waals surface area contributed by atoms with Crippen LogP contribution in [0.1, 0.15) is 5.56 Å². The van der Waals surface area contributed by atoms with Crippen molar-refractivity contribution >= 4 is 40.9 Å². The van der Waals surface area contributed by atoms with E-state index >= 15 is 0 Å². The van der Waals surface area contributed by atoms with Gasteiger partial charge in [0, 0.05) is 16.5 Å². The molecule has 0 unspecified atom stereocenters. The first-order valence-corrected chi connectivity index (χ1v) is 5.10. The van der Waals surface area contributed by atoms with Crippen LogP contribution in [0.5, 0.6) is 0 Å². The Labute approximate surface area is 102 Å². The normalized spacial score (nSPS) is 10.3. The molecule has 0 saturated carbocycles. The standard InChI is InChI=1S/C9H6Cl3N3/c10-7-4-6(2-1-3-14-15-13)9(12)8(11)5-7/h1-2,4-5H,3H2. The molecule has 78 valence electrons. The lowest BCUT2D eigenvalue weighted by Crippen LogP contribution is -1.78. The van der Waals surface area contributed by atoms with E-state index < -0.39 is 0 Å². The van der Waals surface area contributed by atoms with Gasteiger partial charge in [0.25, 0.3) is 0 Å². The maximum atomic E-state index is 8.06. The molecule has 0 aromatic heterocycles. The van der Waals surface area contributed by atoms with Gasteiger partial charge in [0.1, 0.15) is 0 Å². The average Bonchev–Trinajstić information content (AvgIpc) is 2.19. The van der Waals surface area contributed by atoms with Crippen molar-refractivity contribution < 1.29 is 0 Å². The second-order valence-electron chi connectivity index (χ2n) is 2.61. The van der Waals surface area contributed by atoms with Crippen LogP contribution in [-0.2, 0) is 0 Å². The molecule has 0 spiro atoms. The maximum Gasteiger partial charge on any atom is 0.0665 e. The molecule has 0 heterocycles. The minimum Gasteiger partial charge on any atom is -0.0899 e. The SMILES string of the molecule is [N-]=[N+]=NCC=Cc1cc(Cl)cc(Cl)c1Cl. The Kier molecular flexibility index (Phi) is 4.79. The summed E-state index contributed by atoms with van der Waals surface area (Å²) in [6.45, 7) is 0.261. The molecular formula is C9H6Cl3N3. The topological polar surface area (TPSA) is 48.8 Å². The van der Waals surface area contributed by atoms with Gasteiger partial charge in [-0.3, -0.25) is 0 Å². The third-order valence-corrected chi connectivity index (χ3v) is 2.60. The zero-order chi connectivity index (χ0) is 11.3. The highest BCUT2D eigenvalue weighted by Gasteiger charge is 2.03. The summed E-state index contributed by atoms with van der Waals surface area (Å²) in [5.41, 5.74) is 8.76. The summed E-state index contributed by atoms with van der Waals surface area (Å²) < 4.78 is 0. The molecule has 1 rings (SSSR count). The van der Waals surface area contributed by atoms with Crippen molar-refractivity contribution in [2.45, 2.75) is 0 Å². The molecule has 0 fully saturated rings. The van der Waals surface area contributed by atoms with Crippen molar-refractivity contribution in [1.29, 1.82) is 0 Å². The predicted molar refractivity (Wildman–Crippen MR) is 64.5 cm³/mol. The molecule has 0 aliphatic carbocycles. The third-order valence-electron chi connectivity index (χ3n) is 1.57. The molecule has 0 amide bonds. The monoisotopic (exact) mass is 261 g/mol. The van der Waals surface area contributed by atoms with E-state index in [0.29, 0.717) is 20.6 Å². The number of halogens is 3. The van der Waals surface area contributed by atoms with E-state index in [1.807, 2.05) is 0 Å². The van der Waals surface area contributed by atoms with Gasteiger partial charge in [-0.1, -0.05) is 52.1 Å². The van der Waals surface area contributed by atoms with E-state index in [-0.39, 0.29) is 6.54 Å². The first-order chi connectivity index (χ1) is 7.15. The van der Waals surface area contributed by atoms with Crippen molar-refractivity contribution in [2.24, 2.45) is 5.11 Å². The van der Waals surface area contributed by atoms with Crippen molar-refractivity contribution in [3.8, 4) is 0 Å². The highest BCUT2D eigenvalue weighted by Crippen LogP contribution is 2.30. The highest BCUT2D eigenvalue weighted by molar-refractivity contribution is 6.44. The number of azide groups is 1. The molecule has 0 aliphatic heterocycles. The van der Waals surface area contributed by atoms with Gasteiger partial charge in [0.05, 0.1) is 10.0 Å². The Hall–Kier alpha value is -0.860. The van der Waals surface area contributed by atoms with Gasteiger partial charge in [-0.2, -0.15) is 0 Å². The number of benzene rings is 1. The number of nitrogens with zero attached hydrogens (tertiary/aromatic N) is 3. The summed E-state index contributed by atoms with van der Waals surface area (Å²) in [5, 5.41) is 4.68. The van der Waals surface area contributed by atoms with Crippen LogP contribution in [0.3, 0.4) is 0 Å². The molecule has 1 aromatic carbocycles. The Morgan fingerprint density at radius 1 is 1.33 bits per heavy atom. The molecule has 0 radical (unpaired) electrons. The Morgan fingerprint density at radius 3 is 2.73 bits per heavy atom. The summed E-state index contributed by atoms with van der Waals surface area (Å²) in [5.74, 6) is 0. The second-order valence-corrected chi connectivity index (χ2v) is 3.83. The first kappa shape index (κ1) is 12.2. The van der Waals surface area contributed by atoms with Gasteiger partial charge >= 0.3 is 0 Å². The number of rotatable bonds is 3. The molecule has 0 atom stereocenters. The van der Waals surface area contributed by atoms with Crippen LogP contribution in [0.4, 0.5) is 0 Å². The number of hydrogen-bond donors (Lipinski definition) is 0. The molecule has 6 heteroatoms. The van der Waals surface area contributed by atoms with Crippen LogP contribution >= 0.6 is 34.8 Å². The van der Waals surface area contributed by atoms with E-state index in [0.717, 1.165) is 0 Å². The highest BCUT2D eigenvalue weighted by atomic mass is 35.5. The van der Waals surface area contributed by atoms with E-state index in [9.17, 15) is 0 Å². The lowest BCUT2D eigenvalue weighted by Gasteiger charge is -2.01. The van der Waals surface area contributed by atoms with Crippen molar-refractivity contribution in [2.75, 3.05) is 6.54 Å². The van der Waals surface area contributed by atoms with Crippen molar-refractivity contribution in [3.63, 3.8) is 0 Å². The second kappa shape index (κ2) is 5.89. The van der Waals surface area contributed by atoms with E-state index in [2.05, 4.69) is 10.0 Å². The van der Waals surface area contributed by atoms with Crippen LogP contribution in [0.2, 0.25) is 15.1 Å². The molecule has 0 bridgehead atoms. The smallest absolute Gasteiger partial charge is 0.0665 e. The predicted octanol–water partition coefficient (Wildman–Crippen LogP) is 4.97. The molecule has 15 heavy (non-hydrogen) atoms. The molecular weight excluding hydrogens is 256 g/mol. The molecule has 0 aliphatic rings. The quantitative estimate of drug-likeness (QED) is 0.319. The van der Waals surface area contributed by atoms with Crippen LogP contribution in [0, 0.1) is 0 Å². The van der Waals surface area contributed by atoms with Crippen LogP contribution in [0.25, 0.3) is 16.5 Å². The van der Waals surface area contributed by atoms with Gasteiger partial charge in [-0.25, -0.2) is 0 Å². The summed E-state index contributed by atoms with van der Waals surface area (Å²) in [7, 11) is 0. The zero-order valence-corrected chi connectivity index (χ0v) is 9.76. The summed E-state index contributed by atoms with van der Waals surface area (Å²) in [4.78, 5) is 2.61. The minimum atomic E-state index is 0.261. The summed E-state index contributed by atoms with van der Waals surface area (Å²) in [6, 6.07) is 3.25. The van der Waals surface area contributed by atoms with E-state index in [1.165, 1.54) is 0 Å². The Morgan fingerprint density at radius 2 is 2.07 bits per heavy atom. The van der Waals surface area contributed by atoms with E-state index in [1.54, 1.807) is 24.3 Å². The first-order valence-electron chi connectivity index (χ1n) is 3.97. The average molecular weight is 263 g/mol. The van der Waals surface area contributed by atoms with Gasteiger partial charge in [0.2, 0.25) is 0 Å². The fourth-order valence-corrected chi connectivity index (χ4v) is 1.64. The van der Waals surface area contributed by atoms with Gasteiger partial charge in [-0.15, -0.1) is 0 Å². The summed E-state index contributed by atoms with van der Waals surface area (Å²) >= 11 is 17.6. The Balaban J connectivity index is 2.94. The van der Waals surface area contributed by atoms with E-state index in [4.69, 9.17) is 40.3 Å². The van der Waals surface area contributed by atoms with Crippen LogP contribution < -0.4 is 0 Å². The molecule has 1 aromatic rings. The molecule has 0 N–H and O–H groups in total. The third kappa shape index (κ3) is 3.65. The van der Waals surface area contributed by atoms with Crippen LogP contribution in [0.15, 0.2) is 23.3 Å². The van der Waals surface area contributed by atoms with Crippen LogP contribution in [-0.4, -0.2) is 6.54 Å². The maximum absolute atomic E-state index is 8.06. The lowest BCUT2D eigenvalue weighted by atomic mass is 10.2. The fourth-order valence-electron chi connectivity index (χ4n) is 0.960. The van der Waals surface area contributed by atoms with Gasteiger partial charge in [-0.05, 0) is 23.2 Å².